The molecule has 0 saturated carbocycles. The number of aryl methyl sites for hydroxylation is 2. The average Bonchev–Trinajstić information content (AvgIpc) is 2.89. The molecule has 0 aliphatic heterocycles. The standard InChI is InChI=1S/C14H18N2O2/c1-11-12(5-7-18-11)8-16(3)10-14(17)13-4-6-15(2)9-13/h4-7,9H,8,10H2,1-3H3. The van der Waals surface area contributed by atoms with Crippen LogP contribution in [0.4, 0.5) is 0 Å². The van der Waals surface area contributed by atoms with Crippen molar-refractivity contribution in [3.8, 4) is 0 Å². The second kappa shape index (κ2) is 5.23. The third kappa shape index (κ3) is 2.90. The lowest BCUT2D eigenvalue weighted by molar-refractivity contribution is 0.0942. The second-order valence-corrected chi connectivity index (χ2v) is 4.66. The van der Waals surface area contributed by atoms with Crippen molar-refractivity contribution in [1.82, 2.24) is 9.47 Å². The minimum Gasteiger partial charge on any atom is -0.469 e. The number of ketones is 1. The highest BCUT2D eigenvalue weighted by Crippen LogP contribution is 2.11. The first-order valence-electron chi connectivity index (χ1n) is 5.93. The van der Waals surface area contributed by atoms with Crippen LogP contribution in [-0.2, 0) is 13.6 Å². The van der Waals surface area contributed by atoms with Crippen LogP contribution in [0.3, 0.4) is 0 Å². The molecular formula is C14H18N2O2. The molecule has 4 heteroatoms. The third-order valence-electron chi connectivity index (χ3n) is 2.97. The van der Waals surface area contributed by atoms with Crippen LogP contribution in [0.5, 0.6) is 0 Å². The van der Waals surface area contributed by atoms with E-state index < -0.39 is 0 Å². The minimum absolute atomic E-state index is 0.138. The van der Waals surface area contributed by atoms with Gasteiger partial charge in [-0.05, 0) is 26.1 Å². The van der Waals surface area contributed by atoms with E-state index in [0.29, 0.717) is 6.54 Å². The summed E-state index contributed by atoms with van der Waals surface area (Å²) in [7, 11) is 3.85. The molecule has 96 valence electrons. The van der Waals surface area contributed by atoms with Crippen LogP contribution in [0.25, 0.3) is 0 Å². The Bertz CT molecular complexity index is 539. The molecule has 0 N–H and O–H groups in total. The fourth-order valence-electron chi connectivity index (χ4n) is 1.93. The first-order valence-corrected chi connectivity index (χ1v) is 5.93. The highest BCUT2D eigenvalue weighted by molar-refractivity contribution is 5.97. The zero-order valence-corrected chi connectivity index (χ0v) is 11.0. The van der Waals surface area contributed by atoms with Gasteiger partial charge in [0.25, 0.3) is 0 Å². The summed E-state index contributed by atoms with van der Waals surface area (Å²) in [5, 5.41) is 0. The fourth-order valence-corrected chi connectivity index (χ4v) is 1.93. The predicted octanol–water partition coefficient (Wildman–Crippen LogP) is 2.24. The van der Waals surface area contributed by atoms with E-state index in [-0.39, 0.29) is 5.78 Å². The molecule has 2 rings (SSSR count). The topological polar surface area (TPSA) is 38.4 Å². The van der Waals surface area contributed by atoms with Crippen molar-refractivity contribution in [1.29, 1.82) is 0 Å². The lowest BCUT2D eigenvalue weighted by Gasteiger charge is -2.14. The number of Topliss-reactive ketones (excluding diaryl/α,β-unsaturated/α-hetero) is 1. The molecule has 0 atom stereocenters. The molecule has 0 unspecified atom stereocenters. The highest BCUT2D eigenvalue weighted by atomic mass is 16.3. The number of furan rings is 1. The maximum atomic E-state index is 12.0. The van der Waals surface area contributed by atoms with Crippen molar-refractivity contribution in [2.24, 2.45) is 7.05 Å². The van der Waals surface area contributed by atoms with Gasteiger partial charge in [0.2, 0.25) is 0 Å². The molecular weight excluding hydrogens is 228 g/mol. The van der Waals surface area contributed by atoms with E-state index >= 15 is 0 Å². The van der Waals surface area contributed by atoms with Crippen LogP contribution in [0, 0.1) is 6.92 Å². The number of carbonyl (C=O) groups is 1. The van der Waals surface area contributed by atoms with E-state index in [1.165, 1.54) is 0 Å². The molecule has 0 aliphatic rings. The molecule has 0 aliphatic carbocycles. The van der Waals surface area contributed by atoms with E-state index in [2.05, 4.69) is 0 Å². The molecule has 2 aromatic rings. The Labute approximate surface area is 107 Å². The maximum absolute atomic E-state index is 12.0. The molecule has 0 amide bonds. The van der Waals surface area contributed by atoms with Gasteiger partial charge in [-0.2, -0.15) is 0 Å². The molecule has 2 aromatic heterocycles. The first-order chi connectivity index (χ1) is 8.56. The van der Waals surface area contributed by atoms with Gasteiger partial charge in [0.15, 0.2) is 5.78 Å². The highest BCUT2D eigenvalue weighted by Gasteiger charge is 2.12. The number of aromatic nitrogens is 1. The monoisotopic (exact) mass is 246 g/mol. The van der Waals surface area contributed by atoms with Gasteiger partial charge in [-0.15, -0.1) is 0 Å². The van der Waals surface area contributed by atoms with Gasteiger partial charge in [-0.3, -0.25) is 9.69 Å². The lowest BCUT2D eigenvalue weighted by atomic mass is 10.2. The Kier molecular flexibility index (Phi) is 3.67. The van der Waals surface area contributed by atoms with Gasteiger partial charge in [-0.25, -0.2) is 0 Å². The van der Waals surface area contributed by atoms with Gasteiger partial charge in [0, 0.05) is 37.1 Å². The van der Waals surface area contributed by atoms with Gasteiger partial charge in [0.05, 0.1) is 12.8 Å². The number of rotatable bonds is 5. The molecule has 0 radical (unpaired) electrons. The Balaban J connectivity index is 1.93. The zero-order valence-electron chi connectivity index (χ0n) is 11.0. The largest absolute Gasteiger partial charge is 0.469 e. The molecule has 0 spiro atoms. The number of hydrogen-bond acceptors (Lipinski definition) is 3. The summed E-state index contributed by atoms with van der Waals surface area (Å²) in [6.45, 7) is 3.07. The minimum atomic E-state index is 0.138. The van der Waals surface area contributed by atoms with Crippen LogP contribution < -0.4 is 0 Å². The number of carbonyl (C=O) groups excluding carboxylic acids is 1. The van der Waals surface area contributed by atoms with Crippen molar-refractivity contribution in [2.75, 3.05) is 13.6 Å². The van der Waals surface area contributed by atoms with Gasteiger partial charge in [-0.1, -0.05) is 0 Å². The Morgan fingerprint density at radius 3 is 2.78 bits per heavy atom. The van der Waals surface area contributed by atoms with E-state index in [9.17, 15) is 4.79 Å². The Hall–Kier alpha value is -1.81. The van der Waals surface area contributed by atoms with E-state index in [0.717, 1.165) is 23.4 Å². The van der Waals surface area contributed by atoms with Crippen molar-refractivity contribution in [3.05, 3.63) is 47.7 Å². The smallest absolute Gasteiger partial charge is 0.178 e. The second-order valence-electron chi connectivity index (χ2n) is 4.66. The van der Waals surface area contributed by atoms with Crippen LogP contribution in [-0.4, -0.2) is 28.8 Å². The maximum Gasteiger partial charge on any atom is 0.178 e. The predicted molar refractivity (Wildman–Crippen MR) is 69.5 cm³/mol. The summed E-state index contributed by atoms with van der Waals surface area (Å²) in [5.74, 6) is 1.05. The molecule has 18 heavy (non-hydrogen) atoms. The van der Waals surface area contributed by atoms with Gasteiger partial charge < -0.3 is 8.98 Å². The summed E-state index contributed by atoms with van der Waals surface area (Å²) in [6, 6.07) is 3.79. The number of nitrogens with zero attached hydrogens (tertiary/aromatic N) is 2. The normalized spacial score (nSPS) is 11.1. The van der Waals surface area contributed by atoms with Crippen LogP contribution in [0.2, 0.25) is 0 Å². The van der Waals surface area contributed by atoms with Crippen LogP contribution in [0.1, 0.15) is 21.7 Å². The first kappa shape index (κ1) is 12.6. The van der Waals surface area contributed by atoms with Crippen LogP contribution in [0.15, 0.2) is 35.2 Å². The summed E-state index contributed by atoms with van der Waals surface area (Å²) >= 11 is 0. The average molecular weight is 246 g/mol. The van der Waals surface area contributed by atoms with E-state index in [1.807, 2.05) is 55.0 Å². The molecule has 0 saturated heterocycles. The van der Waals surface area contributed by atoms with Gasteiger partial charge >= 0.3 is 0 Å². The van der Waals surface area contributed by atoms with Crippen molar-refractivity contribution in [2.45, 2.75) is 13.5 Å². The molecule has 0 fully saturated rings. The van der Waals surface area contributed by atoms with E-state index in [1.54, 1.807) is 6.26 Å². The van der Waals surface area contributed by atoms with Crippen LogP contribution >= 0.6 is 0 Å². The van der Waals surface area contributed by atoms with Crippen molar-refractivity contribution >= 4 is 5.78 Å². The number of likely N-dealkylation sites (N-methyl/N-ethyl adjacent to an activating group) is 1. The summed E-state index contributed by atoms with van der Waals surface area (Å²) < 4.78 is 7.13. The molecule has 0 bridgehead atoms. The number of hydrogen-bond donors (Lipinski definition) is 0. The van der Waals surface area contributed by atoms with E-state index in [4.69, 9.17) is 4.42 Å². The van der Waals surface area contributed by atoms with Gasteiger partial charge in [0.1, 0.15) is 5.76 Å². The van der Waals surface area contributed by atoms with Crippen molar-refractivity contribution in [3.63, 3.8) is 0 Å². The lowest BCUT2D eigenvalue weighted by Crippen LogP contribution is -2.25. The molecule has 2 heterocycles. The summed E-state index contributed by atoms with van der Waals surface area (Å²) in [5.41, 5.74) is 1.88. The third-order valence-corrected chi connectivity index (χ3v) is 2.97. The SMILES string of the molecule is Cc1occc1CN(C)CC(=O)c1ccn(C)c1. The fraction of sp³-hybridized carbons (Fsp3) is 0.357. The zero-order chi connectivity index (χ0) is 13.1. The quantitative estimate of drug-likeness (QED) is 0.759. The summed E-state index contributed by atoms with van der Waals surface area (Å²) in [4.78, 5) is 14.0. The molecule has 0 aromatic carbocycles. The molecule has 4 nitrogen and oxygen atoms in total. The Morgan fingerprint density at radius 1 is 1.44 bits per heavy atom. The Morgan fingerprint density at radius 2 is 2.22 bits per heavy atom. The summed E-state index contributed by atoms with van der Waals surface area (Å²) in [6.07, 6.45) is 5.41. The van der Waals surface area contributed by atoms with Crippen molar-refractivity contribution < 1.29 is 9.21 Å².